The number of rotatable bonds is 6. The zero-order valence-corrected chi connectivity index (χ0v) is 11.1. The van der Waals surface area contributed by atoms with Crippen molar-refractivity contribution in [3.8, 4) is 6.07 Å². The standard InChI is InChI=1S/C13H21N5/c1-3-10(4-2)18-12(15)11(7-14)13(17-18)16-8-9-5-6-9/h9-10H,3-6,8,15H2,1-2H3,(H,16,17). The third-order valence-corrected chi connectivity index (χ3v) is 3.60. The molecule has 0 atom stereocenters. The van der Waals surface area contributed by atoms with Crippen LogP contribution in [0, 0.1) is 17.2 Å². The van der Waals surface area contributed by atoms with E-state index in [2.05, 4.69) is 30.3 Å². The molecule has 0 amide bonds. The van der Waals surface area contributed by atoms with Crippen molar-refractivity contribution in [2.75, 3.05) is 17.6 Å². The minimum absolute atomic E-state index is 0.272. The number of anilines is 2. The van der Waals surface area contributed by atoms with Crippen LogP contribution in [0.15, 0.2) is 0 Å². The van der Waals surface area contributed by atoms with Crippen LogP contribution >= 0.6 is 0 Å². The monoisotopic (exact) mass is 247 g/mol. The highest BCUT2D eigenvalue weighted by Crippen LogP contribution is 2.31. The molecule has 1 aromatic rings. The average molecular weight is 247 g/mol. The molecule has 5 nitrogen and oxygen atoms in total. The fourth-order valence-corrected chi connectivity index (χ4v) is 2.16. The highest BCUT2D eigenvalue weighted by molar-refractivity contribution is 5.64. The van der Waals surface area contributed by atoms with E-state index < -0.39 is 0 Å². The molecule has 0 aromatic carbocycles. The normalized spacial score (nSPS) is 14.8. The summed E-state index contributed by atoms with van der Waals surface area (Å²) in [6.07, 6.45) is 4.49. The first-order valence-corrected chi connectivity index (χ1v) is 6.73. The predicted molar refractivity (Wildman–Crippen MR) is 72.2 cm³/mol. The third-order valence-electron chi connectivity index (χ3n) is 3.60. The second-order valence-electron chi connectivity index (χ2n) is 4.96. The average Bonchev–Trinajstić information content (AvgIpc) is 3.15. The van der Waals surface area contributed by atoms with Crippen LogP contribution in [-0.2, 0) is 0 Å². The maximum absolute atomic E-state index is 9.20. The van der Waals surface area contributed by atoms with Crippen LogP contribution in [-0.4, -0.2) is 16.3 Å². The van der Waals surface area contributed by atoms with Gasteiger partial charge in [-0.1, -0.05) is 13.8 Å². The summed E-state index contributed by atoms with van der Waals surface area (Å²) in [5.41, 5.74) is 6.52. The molecule has 18 heavy (non-hydrogen) atoms. The molecule has 2 rings (SSSR count). The first-order valence-electron chi connectivity index (χ1n) is 6.73. The maximum atomic E-state index is 9.20. The highest BCUT2D eigenvalue weighted by Gasteiger charge is 2.24. The summed E-state index contributed by atoms with van der Waals surface area (Å²) < 4.78 is 1.80. The fourth-order valence-electron chi connectivity index (χ4n) is 2.16. The maximum Gasteiger partial charge on any atom is 0.168 e. The van der Waals surface area contributed by atoms with Crippen LogP contribution in [0.25, 0.3) is 0 Å². The molecule has 1 heterocycles. The Kier molecular flexibility index (Phi) is 3.75. The lowest BCUT2D eigenvalue weighted by atomic mass is 10.2. The third kappa shape index (κ3) is 2.42. The molecule has 0 radical (unpaired) electrons. The SMILES string of the molecule is CCC(CC)n1nc(NCC2CC2)c(C#N)c1N. The topological polar surface area (TPSA) is 79.7 Å². The molecule has 1 saturated carbocycles. The number of nitrogens with zero attached hydrogens (tertiary/aromatic N) is 3. The van der Waals surface area contributed by atoms with E-state index in [0.29, 0.717) is 17.2 Å². The van der Waals surface area contributed by atoms with E-state index in [4.69, 9.17) is 5.73 Å². The van der Waals surface area contributed by atoms with Gasteiger partial charge in [-0.05, 0) is 31.6 Å². The van der Waals surface area contributed by atoms with Gasteiger partial charge in [0.25, 0.3) is 0 Å². The van der Waals surface area contributed by atoms with Crippen LogP contribution < -0.4 is 11.1 Å². The minimum atomic E-state index is 0.272. The van der Waals surface area contributed by atoms with Gasteiger partial charge in [-0.2, -0.15) is 10.4 Å². The number of nitriles is 1. The molecule has 3 N–H and O–H groups in total. The summed E-state index contributed by atoms with van der Waals surface area (Å²) in [5.74, 6) is 1.88. The van der Waals surface area contributed by atoms with Gasteiger partial charge in [0.1, 0.15) is 17.5 Å². The van der Waals surface area contributed by atoms with E-state index in [0.717, 1.165) is 25.3 Å². The van der Waals surface area contributed by atoms with Crippen molar-refractivity contribution >= 4 is 11.6 Å². The summed E-state index contributed by atoms with van der Waals surface area (Å²) in [6.45, 7) is 5.12. The molecule has 1 aromatic heterocycles. The minimum Gasteiger partial charge on any atom is -0.383 e. The van der Waals surface area contributed by atoms with Crippen LogP contribution in [0.1, 0.15) is 51.1 Å². The lowest BCUT2D eigenvalue weighted by Crippen LogP contribution is -2.12. The quantitative estimate of drug-likeness (QED) is 0.809. The molecule has 0 saturated heterocycles. The molecule has 1 aliphatic rings. The second-order valence-corrected chi connectivity index (χ2v) is 4.96. The first kappa shape index (κ1) is 12.7. The van der Waals surface area contributed by atoms with Gasteiger partial charge in [-0.15, -0.1) is 0 Å². The Morgan fingerprint density at radius 3 is 2.67 bits per heavy atom. The molecule has 5 heteroatoms. The van der Waals surface area contributed by atoms with Gasteiger partial charge in [0.2, 0.25) is 0 Å². The molecule has 1 aliphatic carbocycles. The van der Waals surface area contributed by atoms with Gasteiger partial charge < -0.3 is 11.1 Å². The lowest BCUT2D eigenvalue weighted by Gasteiger charge is -2.14. The molecule has 0 bridgehead atoms. The Hall–Kier alpha value is -1.70. The smallest absolute Gasteiger partial charge is 0.168 e. The number of hydrogen-bond donors (Lipinski definition) is 2. The second kappa shape index (κ2) is 5.30. The summed E-state index contributed by atoms with van der Waals surface area (Å²) in [4.78, 5) is 0. The van der Waals surface area contributed by atoms with Crippen LogP contribution in [0.3, 0.4) is 0 Å². The number of nitrogen functional groups attached to an aromatic ring is 1. The lowest BCUT2D eigenvalue weighted by molar-refractivity contribution is 0.435. The van der Waals surface area contributed by atoms with Gasteiger partial charge in [0.15, 0.2) is 5.82 Å². The van der Waals surface area contributed by atoms with Gasteiger partial charge in [0.05, 0.1) is 6.04 Å². The zero-order valence-electron chi connectivity index (χ0n) is 11.1. The van der Waals surface area contributed by atoms with E-state index in [1.807, 2.05) is 0 Å². The van der Waals surface area contributed by atoms with Gasteiger partial charge in [-0.25, -0.2) is 4.68 Å². The summed E-state index contributed by atoms with van der Waals surface area (Å²) in [6, 6.07) is 2.43. The predicted octanol–water partition coefficient (Wildman–Crippen LogP) is 2.52. The number of aromatic nitrogens is 2. The molecule has 0 aliphatic heterocycles. The zero-order chi connectivity index (χ0) is 13.1. The van der Waals surface area contributed by atoms with Gasteiger partial charge >= 0.3 is 0 Å². The Morgan fingerprint density at radius 1 is 1.50 bits per heavy atom. The Morgan fingerprint density at radius 2 is 2.17 bits per heavy atom. The van der Waals surface area contributed by atoms with Crippen LogP contribution in [0.4, 0.5) is 11.6 Å². The number of nitrogens with two attached hydrogens (primary N) is 1. The number of hydrogen-bond acceptors (Lipinski definition) is 4. The van der Waals surface area contributed by atoms with Crippen molar-refractivity contribution in [1.82, 2.24) is 9.78 Å². The highest BCUT2D eigenvalue weighted by atomic mass is 15.4. The molecule has 0 spiro atoms. The van der Waals surface area contributed by atoms with E-state index in [-0.39, 0.29) is 6.04 Å². The van der Waals surface area contributed by atoms with Crippen molar-refractivity contribution < 1.29 is 0 Å². The molecular weight excluding hydrogens is 226 g/mol. The Bertz CT molecular complexity index is 449. The summed E-state index contributed by atoms with van der Waals surface area (Å²) in [7, 11) is 0. The molecule has 0 unspecified atom stereocenters. The van der Waals surface area contributed by atoms with Gasteiger partial charge in [-0.3, -0.25) is 0 Å². The van der Waals surface area contributed by atoms with Crippen molar-refractivity contribution in [2.45, 2.75) is 45.6 Å². The van der Waals surface area contributed by atoms with Crippen LogP contribution in [0.5, 0.6) is 0 Å². The summed E-state index contributed by atoms with van der Waals surface area (Å²) in [5, 5.41) is 16.9. The van der Waals surface area contributed by atoms with Crippen LogP contribution in [0.2, 0.25) is 0 Å². The van der Waals surface area contributed by atoms with E-state index in [1.54, 1.807) is 4.68 Å². The first-order chi connectivity index (χ1) is 8.71. The van der Waals surface area contributed by atoms with Crippen molar-refractivity contribution in [1.29, 1.82) is 5.26 Å². The number of nitrogens with one attached hydrogen (secondary N) is 1. The Balaban J connectivity index is 2.22. The van der Waals surface area contributed by atoms with Crippen molar-refractivity contribution in [2.24, 2.45) is 5.92 Å². The van der Waals surface area contributed by atoms with E-state index in [9.17, 15) is 5.26 Å². The van der Waals surface area contributed by atoms with Crippen molar-refractivity contribution in [3.05, 3.63) is 5.56 Å². The fraction of sp³-hybridized carbons (Fsp3) is 0.692. The molecule has 1 fully saturated rings. The molecule has 98 valence electrons. The van der Waals surface area contributed by atoms with E-state index >= 15 is 0 Å². The van der Waals surface area contributed by atoms with Gasteiger partial charge in [0, 0.05) is 6.54 Å². The van der Waals surface area contributed by atoms with Crippen molar-refractivity contribution in [3.63, 3.8) is 0 Å². The molecular formula is C13H21N5. The summed E-state index contributed by atoms with van der Waals surface area (Å²) >= 11 is 0. The largest absolute Gasteiger partial charge is 0.383 e. The van der Waals surface area contributed by atoms with E-state index in [1.165, 1.54) is 12.8 Å². The Labute approximate surface area is 108 Å².